The second-order valence-electron chi connectivity index (χ2n) is 6.45. The van der Waals surface area contributed by atoms with Crippen molar-refractivity contribution >= 4 is 12.1 Å². The third-order valence-electron chi connectivity index (χ3n) is 4.67. The number of nitrogens with one attached hydrogen (secondary N) is 1. The van der Waals surface area contributed by atoms with Crippen LogP contribution in [0.5, 0.6) is 0 Å². The largest absolute Gasteiger partial charge is 0.464 e. The summed E-state index contributed by atoms with van der Waals surface area (Å²) in [7, 11) is 0. The van der Waals surface area contributed by atoms with Crippen molar-refractivity contribution < 1.29 is 24.2 Å². The summed E-state index contributed by atoms with van der Waals surface area (Å²) in [6.45, 7) is 3.23. The molecule has 0 radical (unpaired) electrons. The minimum atomic E-state index is -1.17. The molecule has 146 valence electrons. The summed E-state index contributed by atoms with van der Waals surface area (Å²) in [4.78, 5) is 24.0. The summed E-state index contributed by atoms with van der Waals surface area (Å²) in [5.74, 6) is -0.789. The van der Waals surface area contributed by atoms with Crippen LogP contribution in [0.4, 0.5) is 4.79 Å². The van der Waals surface area contributed by atoms with E-state index < -0.39 is 24.7 Å². The molecule has 0 bridgehead atoms. The van der Waals surface area contributed by atoms with Gasteiger partial charge >= 0.3 is 12.1 Å². The Labute approximate surface area is 163 Å². The number of amides is 1. The number of hydrogen-bond donors (Lipinski definition) is 2. The standard InChI is InChI=1S/C22H23NO5/c1-2-3-12-27-21(25)20(13-24)23-22(26)28-14-19-17-10-6-4-8-15(17)16-9-5-7-11-18(16)19/h2,4-11,19-20,24H,1,3,12-14H2,(H,23,26)/t20-/m0/s1. The van der Waals surface area contributed by atoms with Crippen molar-refractivity contribution in [3.8, 4) is 11.1 Å². The summed E-state index contributed by atoms with van der Waals surface area (Å²) in [5.41, 5.74) is 4.45. The molecule has 0 spiro atoms. The van der Waals surface area contributed by atoms with E-state index in [2.05, 4.69) is 24.0 Å². The van der Waals surface area contributed by atoms with Crippen LogP contribution in [0.25, 0.3) is 11.1 Å². The second kappa shape index (κ2) is 9.19. The van der Waals surface area contributed by atoms with Gasteiger partial charge < -0.3 is 19.9 Å². The van der Waals surface area contributed by atoms with Gasteiger partial charge in [0.2, 0.25) is 0 Å². The number of esters is 1. The lowest BCUT2D eigenvalue weighted by molar-refractivity contribution is -0.146. The first kappa shape index (κ1) is 19.6. The molecule has 0 unspecified atom stereocenters. The van der Waals surface area contributed by atoms with Gasteiger partial charge in [-0.1, -0.05) is 54.6 Å². The van der Waals surface area contributed by atoms with Gasteiger partial charge in [0.15, 0.2) is 6.04 Å². The molecule has 3 rings (SSSR count). The van der Waals surface area contributed by atoms with Gasteiger partial charge in [-0.3, -0.25) is 0 Å². The van der Waals surface area contributed by atoms with Gasteiger partial charge in [0.1, 0.15) is 6.61 Å². The molecule has 0 aromatic heterocycles. The van der Waals surface area contributed by atoms with Gasteiger partial charge in [-0.05, 0) is 28.7 Å². The number of carbonyl (C=O) groups excluding carboxylic acids is 2. The summed E-state index contributed by atoms with van der Waals surface area (Å²) >= 11 is 0. The summed E-state index contributed by atoms with van der Waals surface area (Å²) in [6, 6.07) is 14.9. The molecule has 0 aliphatic heterocycles. The highest BCUT2D eigenvalue weighted by atomic mass is 16.6. The maximum Gasteiger partial charge on any atom is 0.407 e. The van der Waals surface area contributed by atoms with E-state index in [1.807, 2.05) is 36.4 Å². The van der Waals surface area contributed by atoms with E-state index in [0.717, 1.165) is 22.3 Å². The number of hydrogen-bond acceptors (Lipinski definition) is 5. The molecular weight excluding hydrogens is 358 g/mol. The molecule has 1 atom stereocenters. The van der Waals surface area contributed by atoms with Crippen molar-refractivity contribution in [2.24, 2.45) is 0 Å². The summed E-state index contributed by atoms with van der Waals surface area (Å²) in [6.07, 6.45) is 1.33. The molecule has 1 aliphatic carbocycles. The Morgan fingerprint density at radius 3 is 2.25 bits per heavy atom. The first-order chi connectivity index (χ1) is 13.7. The SMILES string of the molecule is C=CCCOC(=O)[C@H](CO)NC(=O)OCC1c2ccccc2-c2ccccc21. The minimum absolute atomic E-state index is 0.0785. The maximum atomic E-state index is 12.2. The van der Waals surface area contributed by atoms with Gasteiger partial charge in [0, 0.05) is 5.92 Å². The van der Waals surface area contributed by atoms with Crippen LogP contribution in [0.1, 0.15) is 23.5 Å². The Bertz CT molecular complexity index is 818. The number of benzene rings is 2. The zero-order valence-electron chi connectivity index (χ0n) is 15.5. The zero-order chi connectivity index (χ0) is 19.9. The van der Waals surface area contributed by atoms with Crippen molar-refractivity contribution in [2.45, 2.75) is 18.4 Å². The highest BCUT2D eigenvalue weighted by Gasteiger charge is 2.29. The Balaban J connectivity index is 1.61. The van der Waals surface area contributed by atoms with Crippen LogP contribution < -0.4 is 5.32 Å². The van der Waals surface area contributed by atoms with Crippen LogP contribution in [0, 0.1) is 0 Å². The number of fused-ring (bicyclic) bond motifs is 3. The predicted molar refractivity (Wildman–Crippen MR) is 105 cm³/mol. The van der Waals surface area contributed by atoms with Crippen molar-refractivity contribution in [3.05, 3.63) is 72.3 Å². The summed E-state index contributed by atoms with van der Waals surface area (Å²) < 4.78 is 10.3. The predicted octanol–water partition coefficient (Wildman–Crippen LogP) is 3.01. The highest BCUT2D eigenvalue weighted by molar-refractivity contribution is 5.82. The summed E-state index contributed by atoms with van der Waals surface area (Å²) in [5, 5.41) is 11.7. The number of aliphatic hydroxyl groups excluding tert-OH is 1. The Hall–Kier alpha value is -3.12. The van der Waals surface area contributed by atoms with Crippen LogP contribution in [0.2, 0.25) is 0 Å². The van der Waals surface area contributed by atoms with Gasteiger partial charge in [-0.15, -0.1) is 6.58 Å². The number of aliphatic hydroxyl groups is 1. The molecule has 0 saturated heterocycles. The molecule has 2 N–H and O–H groups in total. The van der Waals surface area contributed by atoms with Crippen LogP contribution in [-0.4, -0.2) is 43.0 Å². The molecule has 0 fully saturated rings. The number of ether oxygens (including phenoxy) is 2. The van der Waals surface area contributed by atoms with Crippen LogP contribution in [0.3, 0.4) is 0 Å². The van der Waals surface area contributed by atoms with Crippen LogP contribution in [-0.2, 0) is 14.3 Å². The molecule has 6 heteroatoms. The van der Waals surface area contributed by atoms with Gasteiger partial charge in [-0.25, -0.2) is 9.59 Å². The van der Waals surface area contributed by atoms with E-state index in [9.17, 15) is 14.7 Å². The van der Waals surface area contributed by atoms with Crippen molar-refractivity contribution in [1.29, 1.82) is 0 Å². The molecule has 28 heavy (non-hydrogen) atoms. The number of carbonyl (C=O) groups is 2. The average molecular weight is 381 g/mol. The van der Waals surface area contributed by atoms with Gasteiger partial charge in [0.05, 0.1) is 13.2 Å². The Morgan fingerprint density at radius 1 is 1.07 bits per heavy atom. The quantitative estimate of drug-likeness (QED) is 0.417. The second-order valence-corrected chi connectivity index (χ2v) is 6.45. The zero-order valence-corrected chi connectivity index (χ0v) is 15.5. The lowest BCUT2D eigenvalue weighted by Crippen LogP contribution is -2.44. The molecule has 6 nitrogen and oxygen atoms in total. The topological polar surface area (TPSA) is 84.9 Å². The van der Waals surface area contributed by atoms with Crippen LogP contribution in [0.15, 0.2) is 61.2 Å². The number of alkyl carbamates (subject to hydrolysis) is 1. The molecule has 2 aromatic rings. The Morgan fingerprint density at radius 2 is 1.68 bits per heavy atom. The van der Waals surface area contributed by atoms with Crippen LogP contribution >= 0.6 is 0 Å². The minimum Gasteiger partial charge on any atom is -0.464 e. The average Bonchev–Trinajstić information content (AvgIpc) is 3.04. The van der Waals surface area contributed by atoms with E-state index in [1.54, 1.807) is 6.08 Å². The fourth-order valence-electron chi connectivity index (χ4n) is 3.30. The van der Waals surface area contributed by atoms with E-state index in [4.69, 9.17) is 9.47 Å². The van der Waals surface area contributed by atoms with E-state index in [1.165, 1.54) is 0 Å². The molecule has 0 heterocycles. The third kappa shape index (κ3) is 4.23. The fourth-order valence-corrected chi connectivity index (χ4v) is 3.30. The fraction of sp³-hybridized carbons (Fsp3) is 0.273. The molecule has 1 amide bonds. The van der Waals surface area contributed by atoms with Gasteiger partial charge in [-0.2, -0.15) is 0 Å². The van der Waals surface area contributed by atoms with Gasteiger partial charge in [0.25, 0.3) is 0 Å². The molecular formula is C22H23NO5. The Kier molecular flexibility index (Phi) is 6.45. The first-order valence-electron chi connectivity index (χ1n) is 9.15. The van der Waals surface area contributed by atoms with E-state index >= 15 is 0 Å². The molecule has 1 aliphatic rings. The number of rotatable bonds is 8. The maximum absolute atomic E-state index is 12.2. The lowest BCUT2D eigenvalue weighted by Gasteiger charge is -2.17. The first-order valence-corrected chi connectivity index (χ1v) is 9.15. The van der Waals surface area contributed by atoms with Crippen molar-refractivity contribution in [3.63, 3.8) is 0 Å². The molecule has 0 saturated carbocycles. The third-order valence-corrected chi connectivity index (χ3v) is 4.67. The van der Waals surface area contributed by atoms with Crippen molar-refractivity contribution in [2.75, 3.05) is 19.8 Å². The normalized spacial score (nSPS) is 13.2. The van der Waals surface area contributed by atoms with E-state index in [0.29, 0.717) is 6.42 Å². The highest BCUT2D eigenvalue weighted by Crippen LogP contribution is 2.44. The van der Waals surface area contributed by atoms with Crippen molar-refractivity contribution in [1.82, 2.24) is 5.32 Å². The van der Waals surface area contributed by atoms with E-state index in [-0.39, 0.29) is 19.1 Å². The monoisotopic (exact) mass is 381 g/mol. The lowest BCUT2D eigenvalue weighted by atomic mass is 9.98. The molecule has 2 aromatic carbocycles. The smallest absolute Gasteiger partial charge is 0.407 e.